The second kappa shape index (κ2) is 11.0. The predicted octanol–water partition coefficient (Wildman–Crippen LogP) is 4.11. The van der Waals surface area contributed by atoms with E-state index in [1.807, 2.05) is 44.7 Å². The molecule has 0 saturated carbocycles. The Bertz CT molecular complexity index is 357. The molecule has 0 saturated heterocycles. The van der Waals surface area contributed by atoms with E-state index < -0.39 is 0 Å². The summed E-state index contributed by atoms with van der Waals surface area (Å²) >= 11 is 1.82. The standard InChI is InChI=1S/C16H26O3S/c1-4-17-11-10-16(19-6-3)20-13-14-8-7-9-15(12-14)18-5-2/h7-9,12,16H,4-6,10-11,13H2,1-3H3. The summed E-state index contributed by atoms with van der Waals surface area (Å²) in [5, 5.41) is 0. The van der Waals surface area contributed by atoms with Gasteiger partial charge in [0.1, 0.15) is 11.2 Å². The maximum absolute atomic E-state index is 5.74. The molecule has 1 aromatic carbocycles. The highest BCUT2D eigenvalue weighted by Crippen LogP contribution is 2.23. The molecule has 0 spiro atoms. The van der Waals surface area contributed by atoms with Crippen LogP contribution in [0, 0.1) is 0 Å². The Morgan fingerprint density at radius 2 is 1.95 bits per heavy atom. The van der Waals surface area contributed by atoms with E-state index in [9.17, 15) is 0 Å². The van der Waals surface area contributed by atoms with Crippen molar-refractivity contribution in [2.24, 2.45) is 0 Å². The van der Waals surface area contributed by atoms with Crippen LogP contribution in [0.15, 0.2) is 24.3 Å². The third-order valence-corrected chi connectivity index (χ3v) is 3.94. The zero-order valence-electron chi connectivity index (χ0n) is 12.8. The van der Waals surface area contributed by atoms with Gasteiger partial charge in [-0.05, 0) is 38.5 Å². The van der Waals surface area contributed by atoms with E-state index in [1.54, 1.807) is 0 Å². The fraction of sp³-hybridized carbons (Fsp3) is 0.625. The minimum atomic E-state index is 0.197. The number of rotatable bonds is 11. The van der Waals surface area contributed by atoms with Crippen molar-refractivity contribution in [2.45, 2.75) is 38.4 Å². The maximum Gasteiger partial charge on any atom is 0.119 e. The highest BCUT2D eigenvalue weighted by molar-refractivity contribution is 7.99. The van der Waals surface area contributed by atoms with Crippen LogP contribution >= 0.6 is 11.8 Å². The maximum atomic E-state index is 5.74. The van der Waals surface area contributed by atoms with Gasteiger partial charge in [-0.2, -0.15) is 0 Å². The summed E-state index contributed by atoms with van der Waals surface area (Å²) in [4.78, 5) is 0. The molecule has 0 bridgehead atoms. The van der Waals surface area contributed by atoms with Crippen LogP contribution in [-0.2, 0) is 15.2 Å². The van der Waals surface area contributed by atoms with Gasteiger partial charge in [0.15, 0.2) is 0 Å². The molecule has 114 valence electrons. The molecule has 0 aliphatic heterocycles. The molecule has 4 heteroatoms. The lowest BCUT2D eigenvalue weighted by Gasteiger charge is -2.16. The van der Waals surface area contributed by atoms with E-state index in [0.717, 1.165) is 37.7 Å². The molecule has 1 rings (SSSR count). The summed E-state index contributed by atoms with van der Waals surface area (Å²) in [6, 6.07) is 8.26. The lowest BCUT2D eigenvalue weighted by atomic mass is 10.2. The van der Waals surface area contributed by atoms with Gasteiger partial charge < -0.3 is 14.2 Å². The number of thioether (sulfide) groups is 1. The summed E-state index contributed by atoms with van der Waals surface area (Å²) in [6.45, 7) is 9.01. The van der Waals surface area contributed by atoms with Gasteiger partial charge >= 0.3 is 0 Å². The minimum absolute atomic E-state index is 0.197. The van der Waals surface area contributed by atoms with Gasteiger partial charge in [-0.3, -0.25) is 0 Å². The van der Waals surface area contributed by atoms with Crippen LogP contribution in [0.25, 0.3) is 0 Å². The number of benzene rings is 1. The smallest absolute Gasteiger partial charge is 0.119 e. The van der Waals surface area contributed by atoms with Crippen molar-refractivity contribution in [3.63, 3.8) is 0 Å². The number of hydrogen-bond donors (Lipinski definition) is 0. The minimum Gasteiger partial charge on any atom is -0.494 e. The normalized spacial score (nSPS) is 12.3. The van der Waals surface area contributed by atoms with Gasteiger partial charge in [0, 0.05) is 32.0 Å². The summed E-state index contributed by atoms with van der Waals surface area (Å²) in [7, 11) is 0. The number of ether oxygens (including phenoxy) is 3. The van der Waals surface area contributed by atoms with Crippen molar-refractivity contribution >= 4 is 11.8 Å². The van der Waals surface area contributed by atoms with Crippen LogP contribution in [0.1, 0.15) is 32.8 Å². The molecule has 1 unspecified atom stereocenters. The van der Waals surface area contributed by atoms with E-state index in [-0.39, 0.29) is 5.44 Å². The fourth-order valence-electron chi connectivity index (χ4n) is 1.81. The predicted molar refractivity (Wildman–Crippen MR) is 85.4 cm³/mol. The molecular formula is C16H26O3S. The van der Waals surface area contributed by atoms with Crippen LogP contribution < -0.4 is 4.74 Å². The Kier molecular flexibility index (Phi) is 9.54. The molecular weight excluding hydrogens is 272 g/mol. The van der Waals surface area contributed by atoms with Crippen LogP contribution in [0.5, 0.6) is 5.75 Å². The van der Waals surface area contributed by atoms with E-state index in [4.69, 9.17) is 14.2 Å². The summed E-state index contributed by atoms with van der Waals surface area (Å²) < 4.78 is 16.7. The zero-order valence-corrected chi connectivity index (χ0v) is 13.6. The highest BCUT2D eigenvalue weighted by atomic mass is 32.2. The Balaban J connectivity index is 2.42. The van der Waals surface area contributed by atoms with E-state index in [0.29, 0.717) is 6.61 Å². The van der Waals surface area contributed by atoms with Crippen molar-refractivity contribution < 1.29 is 14.2 Å². The van der Waals surface area contributed by atoms with Crippen molar-refractivity contribution in [1.82, 2.24) is 0 Å². The first-order chi connectivity index (χ1) is 9.80. The van der Waals surface area contributed by atoms with E-state index in [2.05, 4.69) is 12.1 Å². The number of hydrogen-bond acceptors (Lipinski definition) is 4. The first-order valence-corrected chi connectivity index (χ1v) is 8.37. The molecule has 1 aromatic rings. The largest absolute Gasteiger partial charge is 0.494 e. The van der Waals surface area contributed by atoms with Gasteiger partial charge in [-0.1, -0.05) is 12.1 Å². The van der Waals surface area contributed by atoms with Crippen molar-refractivity contribution in [3.8, 4) is 5.75 Å². The Hall–Kier alpha value is -0.710. The van der Waals surface area contributed by atoms with E-state index >= 15 is 0 Å². The van der Waals surface area contributed by atoms with Crippen molar-refractivity contribution in [2.75, 3.05) is 26.4 Å². The lowest BCUT2D eigenvalue weighted by Crippen LogP contribution is -2.12. The second-order valence-electron chi connectivity index (χ2n) is 4.26. The fourth-order valence-corrected chi connectivity index (χ4v) is 2.86. The highest BCUT2D eigenvalue weighted by Gasteiger charge is 2.09. The van der Waals surface area contributed by atoms with Gasteiger partial charge in [0.05, 0.1) is 6.61 Å². The molecule has 0 heterocycles. The molecule has 0 amide bonds. The second-order valence-corrected chi connectivity index (χ2v) is 5.41. The van der Waals surface area contributed by atoms with Crippen LogP contribution in [0.4, 0.5) is 0 Å². The first-order valence-electron chi connectivity index (χ1n) is 7.32. The van der Waals surface area contributed by atoms with Crippen molar-refractivity contribution in [3.05, 3.63) is 29.8 Å². The first kappa shape index (κ1) is 17.3. The Morgan fingerprint density at radius 1 is 1.10 bits per heavy atom. The van der Waals surface area contributed by atoms with Crippen LogP contribution in [0.3, 0.4) is 0 Å². The molecule has 0 aromatic heterocycles. The monoisotopic (exact) mass is 298 g/mol. The molecule has 0 radical (unpaired) electrons. The topological polar surface area (TPSA) is 27.7 Å². The van der Waals surface area contributed by atoms with Gasteiger partial charge in [-0.15, -0.1) is 11.8 Å². The zero-order chi connectivity index (χ0) is 14.6. The molecule has 20 heavy (non-hydrogen) atoms. The third-order valence-electron chi connectivity index (χ3n) is 2.70. The molecule has 0 N–H and O–H groups in total. The average Bonchev–Trinajstić information content (AvgIpc) is 2.46. The van der Waals surface area contributed by atoms with Gasteiger partial charge in [0.25, 0.3) is 0 Å². The molecule has 0 aliphatic rings. The average molecular weight is 298 g/mol. The molecule has 1 atom stereocenters. The van der Waals surface area contributed by atoms with E-state index in [1.165, 1.54) is 5.56 Å². The molecule has 3 nitrogen and oxygen atoms in total. The lowest BCUT2D eigenvalue weighted by molar-refractivity contribution is 0.0770. The Morgan fingerprint density at radius 3 is 2.65 bits per heavy atom. The molecule has 0 aliphatic carbocycles. The van der Waals surface area contributed by atoms with Gasteiger partial charge in [-0.25, -0.2) is 0 Å². The van der Waals surface area contributed by atoms with Gasteiger partial charge in [0.2, 0.25) is 0 Å². The Labute approximate surface area is 127 Å². The quantitative estimate of drug-likeness (QED) is 0.454. The van der Waals surface area contributed by atoms with Crippen molar-refractivity contribution in [1.29, 1.82) is 0 Å². The third kappa shape index (κ3) is 7.17. The SMILES string of the molecule is CCOCCC(OCC)SCc1cccc(OCC)c1. The summed E-state index contributed by atoms with van der Waals surface area (Å²) in [5.41, 5.74) is 1.46. The summed E-state index contributed by atoms with van der Waals surface area (Å²) in [5.74, 6) is 1.87. The van der Waals surface area contributed by atoms with Crippen LogP contribution in [0.2, 0.25) is 0 Å². The van der Waals surface area contributed by atoms with Crippen LogP contribution in [-0.4, -0.2) is 31.9 Å². The molecule has 0 fully saturated rings. The summed E-state index contributed by atoms with van der Waals surface area (Å²) in [6.07, 6.45) is 0.928.